The molecule has 3 aliphatic rings. The van der Waals surface area contributed by atoms with E-state index in [4.69, 9.17) is 0 Å². The number of rotatable bonds is 3. The molecule has 2 nitrogen and oxygen atoms in total. The van der Waals surface area contributed by atoms with Crippen molar-refractivity contribution in [1.29, 1.82) is 0 Å². The number of aromatic hydroxyl groups is 1. The van der Waals surface area contributed by atoms with Crippen molar-refractivity contribution in [3.8, 4) is 5.75 Å². The number of fused-ring (bicyclic) bond motifs is 5. The Morgan fingerprint density at radius 3 is 2.83 bits per heavy atom. The van der Waals surface area contributed by atoms with E-state index < -0.39 is 0 Å². The number of hydrogen-bond acceptors (Lipinski definition) is 2. The normalized spacial score (nSPS) is 39.0. The van der Waals surface area contributed by atoms with Gasteiger partial charge in [0.05, 0.1) is 0 Å². The number of phenolic OH excluding ortho intramolecular Hbond substituents is 1. The van der Waals surface area contributed by atoms with Gasteiger partial charge in [-0.1, -0.05) is 19.9 Å². The largest absolute Gasteiger partial charge is 0.508 e. The molecule has 2 fully saturated rings. The second-order valence-corrected chi connectivity index (χ2v) is 9.02. The van der Waals surface area contributed by atoms with E-state index in [1.807, 2.05) is 12.1 Å². The Balaban J connectivity index is 1.61. The zero-order chi connectivity index (χ0) is 16.9. The summed E-state index contributed by atoms with van der Waals surface area (Å²) in [6.07, 6.45) is 8.76. The summed E-state index contributed by atoms with van der Waals surface area (Å²) in [5, 5.41) is 19.2. The second kappa shape index (κ2) is 6.05. The fourth-order valence-corrected chi connectivity index (χ4v) is 6.95. The third-order valence-corrected chi connectivity index (χ3v) is 8.05. The van der Waals surface area contributed by atoms with Crippen LogP contribution < -0.4 is 0 Å². The summed E-state index contributed by atoms with van der Waals surface area (Å²) in [6, 6.07) is 6.08. The smallest absolute Gasteiger partial charge is 0.115 e. The van der Waals surface area contributed by atoms with Gasteiger partial charge in [0, 0.05) is 6.61 Å². The van der Waals surface area contributed by atoms with Gasteiger partial charge in [0.25, 0.3) is 0 Å². The van der Waals surface area contributed by atoms with Crippen LogP contribution >= 0.6 is 0 Å². The van der Waals surface area contributed by atoms with Crippen molar-refractivity contribution in [1.82, 2.24) is 0 Å². The first-order chi connectivity index (χ1) is 11.5. The molecule has 0 amide bonds. The van der Waals surface area contributed by atoms with Gasteiger partial charge in [-0.05, 0) is 103 Å². The molecule has 132 valence electrons. The summed E-state index contributed by atoms with van der Waals surface area (Å²) < 4.78 is 0. The first kappa shape index (κ1) is 16.4. The SMILES string of the molecule is C[C@@H](CCO)[C@H]1CC[C@H]2C3CCc4cc(O)ccc4C3CC[C@]12C. The van der Waals surface area contributed by atoms with Crippen molar-refractivity contribution in [2.75, 3.05) is 6.61 Å². The highest BCUT2D eigenvalue weighted by atomic mass is 16.3. The van der Waals surface area contributed by atoms with Gasteiger partial charge >= 0.3 is 0 Å². The average Bonchev–Trinajstić information content (AvgIpc) is 2.92. The first-order valence-corrected chi connectivity index (χ1v) is 9.97. The van der Waals surface area contributed by atoms with Crippen molar-refractivity contribution < 1.29 is 10.2 Å². The predicted molar refractivity (Wildman–Crippen MR) is 97.1 cm³/mol. The van der Waals surface area contributed by atoms with Crippen LogP contribution in [-0.4, -0.2) is 16.8 Å². The van der Waals surface area contributed by atoms with Gasteiger partial charge < -0.3 is 10.2 Å². The van der Waals surface area contributed by atoms with E-state index in [0.29, 0.717) is 29.6 Å². The van der Waals surface area contributed by atoms with Crippen LogP contribution in [0.1, 0.15) is 69.4 Å². The summed E-state index contributed by atoms with van der Waals surface area (Å²) >= 11 is 0. The maximum Gasteiger partial charge on any atom is 0.115 e. The molecule has 1 aromatic carbocycles. The van der Waals surface area contributed by atoms with Crippen LogP contribution in [0.3, 0.4) is 0 Å². The van der Waals surface area contributed by atoms with Crippen LogP contribution in [0.2, 0.25) is 0 Å². The lowest BCUT2D eigenvalue weighted by Crippen LogP contribution is -2.43. The lowest BCUT2D eigenvalue weighted by atomic mass is 9.53. The monoisotopic (exact) mass is 328 g/mol. The summed E-state index contributed by atoms with van der Waals surface area (Å²) in [5.74, 6) is 4.24. The lowest BCUT2D eigenvalue weighted by Gasteiger charge is -2.52. The van der Waals surface area contributed by atoms with Crippen molar-refractivity contribution in [2.24, 2.45) is 29.1 Å². The Labute approximate surface area is 146 Å². The number of hydrogen-bond donors (Lipinski definition) is 2. The van der Waals surface area contributed by atoms with E-state index in [1.54, 1.807) is 0 Å². The first-order valence-electron chi connectivity index (χ1n) is 9.97. The molecule has 0 saturated heterocycles. The molecule has 2 N–H and O–H groups in total. The topological polar surface area (TPSA) is 40.5 Å². The molecule has 0 heterocycles. The highest BCUT2D eigenvalue weighted by molar-refractivity contribution is 5.40. The van der Waals surface area contributed by atoms with E-state index in [1.165, 1.54) is 43.2 Å². The number of aliphatic hydroxyl groups is 1. The minimum Gasteiger partial charge on any atom is -0.508 e. The van der Waals surface area contributed by atoms with Gasteiger partial charge in [0.1, 0.15) is 5.75 Å². The van der Waals surface area contributed by atoms with E-state index in [-0.39, 0.29) is 0 Å². The Morgan fingerprint density at radius 1 is 1.21 bits per heavy atom. The van der Waals surface area contributed by atoms with Crippen LogP contribution in [0.5, 0.6) is 5.75 Å². The zero-order valence-corrected chi connectivity index (χ0v) is 15.2. The Hall–Kier alpha value is -1.02. The minimum atomic E-state index is 0.335. The molecule has 6 atom stereocenters. The van der Waals surface area contributed by atoms with E-state index >= 15 is 0 Å². The fourth-order valence-electron chi connectivity index (χ4n) is 6.95. The van der Waals surface area contributed by atoms with Gasteiger partial charge in [-0.3, -0.25) is 0 Å². The maximum atomic E-state index is 9.80. The fraction of sp³-hybridized carbons (Fsp3) is 0.727. The molecule has 1 aromatic rings. The number of benzene rings is 1. The molecule has 2 heteroatoms. The summed E-state index contributed by atoms with van der Waals surface area (Å²) in [5.41, 5.74) is 3.39. The molecule has 24 heavy (non-hydrogen) atoms. The van der Waals surface area contributed by atoms with Crippen molar-refractivity contribution in [2.45, 2.75) is 64.7 Å². The number of aryl methyl sites for hydroxylation is 1. The van der Waals surface area contributed by atoms with Gasteiger partial charge in [-0.2, -0.15) is 0 Å². The average molecular weight is 328 g/mol. The third kappa shape index (κ3) is 2.41. The van der Waals surface area contributed by atoms with Gasteiger partial charge in [-0.25, -0.2) is 0 Å². The van der Waals surface area contributed by atoms with Crippen LogP contribution in [0.4, 0.5) is 0 Å². The minimum absolute atomic E-state index is 0.335. The predicted octanol–water partition coefficient (Wildman–Crippen LogP) is 4.88. The van der Waals surface area contributed by atoms with Crippen LogP contribution in [-0.2, 0) is 6.42 Å². The molecule has 3 aliphatic carbocycles. The van der Waals surface area contributed by atoms with Crippen molar-refractivity contribution in [3.05, 3.63) is 29.3 Å². The van der Waals surface area contributed by atoms with E-state index in [9.17, 15) is 10.2 Å². The Morgan fingerprint density at radius 2 is 2.04 bits per heavy atom. The molecular weight excluding hydrogens is 296 g/mol. The Kier molecular flexibility index (Phi) is 4.15. The summed E-state index contributed by atoms with van der Waals surface area (Å²) in [4.78, 5) is 0. The molecular formula is C22H32O2. The zero-order valence-electron chi connectivity index (χ0n) is 15.2. The summed E-state index contributed by atoms with van der Waals surface area (Å²) in [6.45, 7) is 5.26. The highest BCUT2D eigenvalue weighted by Gasteiger charge is 2.55. The maximum absolute atomic E-state index is 9.80. The molecule has 2 unspecified atom stereocenters. The van der Waals surface area contributed by atoms with E-state index in [0.717, 1.165) is 30.6 Å². The highest BCUT2D eigenvalue weighted by Crippen LogP contribution is 2.64. The molecule has 0 aliphatic heterocycles. The molecule has 2 saturated carbocycles. The Bertz CT molecular complexity index is 610. The molecule has 0 aromatic heterocycles. The molecule has 0 spiro atoms. The molecule has 4 rings (SSSR count). The third-order valence-electron chi connectivity index (χ3n) is 8.05. The molecule has 0 radical (unpaired) electrons. The standard InChI is InChI=1S/C22H32O2/c1-14(10-12-23)20-7-8-21-19-5-3-15-13-16(24)4-6-17(15)18(19)9-11-22(20,21)2/h4,6,13-14,18-21,23-24H,3,5,7-12H2,1-2H3/t14-,18?,19?,20+,21-,22+/m0/s1. The van der Waals surface area contributed by atoms with Gasteiger partial charge in [-0.15, -0.1) is 0 Å². The quantitative estimate of drug-likeness (QED) is 0.830. The van der Waals surface area contributed by atoms with Gasteiger partial charge in [0.2, 0.25) is 0 Å². The van der Waals surface area contributed by atoms with Gasteiger partial charge in [0.15, 0.2) is 0 Å². The van der Waals surface area contributed by atoms with Crippen molar-refractivity contribution in [3.63, 3.8) is 0 Å². The molecule has 0 bridgehead atoms. The number of phenols is 1. The van der Waals surface area contributed by atoms with Crippen LogP contribution in [0, 0.1) is 29.1 Å². The van der Waals surface area contributed by atoms with E-state index in [2.05, 4.69) is 19.9 Å². The van der Waals surface area contributed by atoms with Crippen LogP contribution in [0.25, 0.3) is 0 Å². The lowest BCUT2D eigenvalue weighted by molar-refractivity contribution is 0.00773. The van der Waals surface area contributed by atoms with Crippen molar-refractivity contribution >= 4 is 0 Å². The second-order valence-electron chi connectivity index (χ2n) is 9.02. The summed E-state index contributed by atoms with van der Waals surface area (Å²) in [7, 11) is 0. The number of aliphatic hydroxyl groups excluding tert-OH is 1. The van der Waals surface area contributed by atoms with Crippen LogP contribution in [0.15, 0.2) is 18.2 Å².